The lowest BCUT2D eigenvalue weighted by molar-refractivity contribution is -0.384. The van der Waals surface area contributed by atoms with Gasteiger partial charge in [-0.05, 0) is 36.9 Å². The molecule has 1 aromatic rings. The number of rotatable bonds is 2. The molecular formula is C15H18F3N3O2. The van der Waals surface area contributed by atoms with Gasteiger partial charge in [0.15, 0.2) is 0 Å². The predicted molar refractivity (Wildman–Crippen MR) is 79.5 cm³/mol. The summed E-state index contributed by atoms with van der Waals surface area (Å²) in [6.07, 6.45) is -3.33. The maximum absolute atomic E-state index is 12.8. The quantitative estimate of drug-likeness (QED) is 0.669. The van der Waals surface area contributed by atoms with Crippen LogP contribution in [0.15, 0.2) is 12.1 Å². The second kappa shape index (κ2) is 5.99. The van der Waals surface area contributed by atoms with Crippen molar-refractivity contribution in [2.45, 2.75) is 32.0 Å². The van der Waals surface area contributed by atoms with Crippen molar-refractivity contribution in [3.8, 4) is 0 Å². The number of alkyl halides is 3. The van der Waals surface area contributed by atoms with E-state index in [1.807, 2.05) is 4.90 Å². The van der Waals surface area contributed by atoms with Crippen molar-refractivity contribution in [1.29, 1.82) is 0 Å². The average Bonchev–Trinajstić information content (AvgIpc) is 2.53. The molecule has 0 spiro atoms. The molecule has 126 valence electrons. The monoisotopic (exact) mass is 329 g/mol. The standard InChI is InChI=1S/C15H18F3N3O2/c16-15(17,18)11-2-5-20(6-3-11)14-8-12(21(22)23)7-10-9-19-4-1-13(10)14/h7-8,11,19H,1-6,9H2. The average molecular weight is 329 g/mol. The first-order valence-corrected chi connectivity index (χ1v) is 7.69. The van der Waals surface area contributed by atoms with Gasteiger partial charge in [0.2, 0.25) is 0 Å². The van der Waals surface area contributed by atoms with Gasteiger partial charge in [-0.1, -0.05) is 0 Å². The summed E-state index contributed by atoms with van der Waals surface area (Å²) in [4.78, 5) is 12.6. The van der Waals surface area contributed by atoms with E-state index in [0.29, 0.717) is 6.54 Å². The van der Waals surface area contributed by atoms with E-state index in [0.717, 1.165) is 29.8 Å². The number of anilines is 1. The highest BCUT2D eigenvalue weighted by Gasteiger charge is 2.41. The van der Waals surface area contributed by atoms with Crippen LogP contribution in [0.3, 0.4) is 0 Å². The number of hydrogen-bond acceptors (Lipinski definition) is 4. The minimum atomic E-state index is -4.15. The highest BCUT2D eigenvalue weighted by molar-refractivity contribution is 5.63. The van der Waals surface area contributed by atoms with Gasteiger partial charge < -0.3 is 10.2 Å². The molecule has 1 aromatic carbocycles. The van der Waals surface area contributed by atoms with Crippen LogP contribution in [0.1, 0.15) is 24.0 Å². The molecule has 8 heteroatoms. The topological polar surface area (TPSA) is 58.4 Å². The summed E-state index contributed by atoms with van der Waals surface area (Å²) < 4.78 is 38.4. The van der Waals surface area contributed by atoms with Crippen LogP contribution >= 0.6 is 0 Å². The van der Waals surface area contributed by atoms with E-state index in [9.17, 15) is 23.3 Å². The van der Waals surface area contributed by atoms with Crippen molar-refractivity contribution in [3.05, 3.63) is 33.4 Å². The number of nitrogens with zero attached hydrogens (tertiary/aromatic N) is 2. The Morgan fingerprint density at radius 2 is 1.96 bits per heavy atom. The summed E-state index contributed by atoms with van der Waals surface area (Å²) in [5.41, 5.74) is 2.63. The second-order valence-corrected chi connectivity index (χ2v) is 6.09. The Bertz CT molecular complexity index is 611. The van der Waals surface area contributed by atoms with E-state index in [1.165, 1.54) is 6.07 Å². The van der Waals surface area contributed by atoms with Gasteiger partial charge >= 0.3 is 6.18 Å². The third-order valence-electron chi connectivity index (χ3n) is 4.68. The Labute approximate surface area is 131 Å². The fourth-order valence-electron chi connectivity index (χ4n) is 3.42. The number of halogens is 3. The lowest BCUT2D eigenvalue weighted by Gasteiger charge is -2.36. The molecule has 0 amide bonds. The summed E-state index contributed by atoms with van der Waals surface area (Å²) in [7, 11) is 0. The van der Waals surface area contributed by atoms with E-state index in [-0.39, 0.29) is 31.6 Å². The van der Waals surface area contributed by atoms with Crippen LogP contribution < -0.4 is 10.2 Å². The zero-order valence-corrected chi connectivity index (χ0v) is 12.5. The van der Waals surface area contributed by atoms with Crippen LogP contribution in [0.5, 0.6) is 0 Å². The second-order valence-electron chi connectivity index (χ2n) is 6.09. The van der Waals surface area contributed by atoms with Crippen molar-refractivity contribution < 1.29 is 18.1 Å². The molecule has 0 saturated carbocycles. The van der Waals surface area contributed by atoms with E-state index >= 15 is 0 Å². The van der Waals surface area contributed by atoms with Gasteiger partial charge in [-0.2, -0.15) is 13.2 Å². The van der Waals surface area contributed by atoms with Gasteiger partial charge in [0.25, 0.3) is 5.69 Å². The molecule has 0 radical (unpaired) electrons. The molecule has 1 fully saturated rings. The number of benzene rings is 1. The molecule has 23 heavy (non-hydrogen) atoms. The molecular weight excluding hydrogens is 311 g/mol. The van der Waals surface area contributed by atoms with Crippen molar-refractivity contribution in [1.82, 2.24) is 5.32 Å². The highest BCUT2D eigenvalue weighted by Crippen LogP contribution is 2.38. The van der Waals surface area contributed by atoms with Gasteiger partial charge in [-0.3, -0.25) is 10.1 Å². The summed E-state index contributed by atoms with van der Waals surface area (Å²) >= 11 is 0. The first kappa shape index (κ1) is 16.0. The predicted octanol–water partition coefficient (Wildman–Crippen LogP) is 3.02. The smallest absolute Gasteiger partial charge is 0.371 e. The first-order valence-electron chi connectivity index (χ1n) is 7.69. The largest absolute Gasteiger partial charge is 0.391 e. The molecule has 2 aliphatic rings. The zero-order chi connectivity index (χ0) is 16.6. The van der Waals surface area contributed by atoms with E-state index < -0.39 is 17.0 Å². The van der Waals surface area contributed by atoms with Crippen LogP contribution in [0.25, 0.3) is 0 Å². The maximum Gasteiger partial charge on any atom is 0.391 e. The number of nitro benzene ring substituents is 1. The summed E-state index contributed by atoms with van der Waals surface area (Å²) in [5.74, 6) is -1.27. The highest BCUT2D eigenvalue weighted by atomic mass is 19.4. The van der Waals surface area contributed by atoms with Gasteiger partial charge in [0.05, 0.1) is 10.8 Å². The van der Waals surface area contributed by atoms with E-state index in [2.05, 4.69) is 5.32 Å². The molecule has 0 aliphatic carbocycles. The van der Waals surface area contributed by atoms with Crippen molar-refractivity contribution >= 4 is 11.4 Å². The lowest BCUT2D eigenvalue weighted by Crippen LogP contribution is -2.40. The van der Waals surface area contributed by atoms with Gasteiger partial charge in [-0.15, -0.1) is 0 Å². The van der Waals surface area contributed by atoms with Crippen molar-refractivity contribution in [2.24, 2.45) is 5.92 Å². The minimum absolute atomic E-state index is 0.000366. The number of nitrogens with one attached hydrogen (secondary N) is 1. The molecule has 0 aromatic heterocycles. The molecule has 2 heterocycles. The Kier molecular flexibility index (Phi) is 4.18. The Hall–Kier alpha value is -1.83. The minimum Gasteiger partial charge on any atom is -0.371 e. The number of piperidine rings is 1. The van der Waals surface area contributed by atoms with Crippen molar-refractivity contribution in [3.63, 3.8) is 0 Å². The van der Waals surface area contributed by atoms with E-state index in [1.54, 1.807) is 6.07 Å². The summed E-state index contributed by atoms with van der Waals surface area (Å²) in [6.45, 7) is 1.90. The number of non-ortho nitro benzene ring substituents is 1. The summed E-state index contributed by atoms with van der Waals surface area (Å²) in [5, 5.41) is 14.3. The molecule has 2 aliphatic heterocycles. The van der Waals surface area contributed by atoms with Gasteiger partial charge in [0, 0.05) is 37.5 Å². The van der Waals surface area contributed by atoms with Crippen LogP contribution in [0.4, 0.5) is 24.5 Å². The number of hydrogen-bond donors (Lipinski definition) is 1. The third kappa shape index (κ3) is 3.26. The maximum atomic E-state index is 12.8. The Morgan fingerprint density at radius 1 is 1.26 bits per heavy atom. The Morgan fingerprint density at radius 3 is 2.57 bits per heavy atom. The van der Waals surface area contributed by atoms with Gasteiger partial charge in [0.1, 0.15) is 0 Å². The van der Waals surface area contributed by atoms with Gasteiger partial charge in [-0.25, -0.2) is 0 Å². The number of nitro groups is 1. The molecule has 0 atom stereocenters. The molecule has 0 unspecified atom stereocenters. The van der Waals surface area contributed by atoms with Crippen LogP contribution in [-0.2, 0) is 13.0 Å². The van der Waals surface area contributed by atoms with Crippen molar-refractivity contribution in [2.75, 3.05) is 24.5 Å². The third-order valence-corrected chi connectivity index (χ3v) is 4.68. The zero-order valence-electron chi connectivity index (χ0n) is 12.5. The van der Waals surface area contributed by atoms with Crippen LogP contribution in [0, 0.1) is 16.0 Å². The molecule has 5 nitrogen and oxygen atoms in total. The van der Waals surface area contributed by atoms with E-state index in [4.69, 9.17) is 0 Å². The SMILES string of the molecule is O=[N+]([O-])c1cc2c(c(N3CCC(C(F)(F)F)CC3)c1)CCNC2. The van der Waals surface area contributed by atoms with Crippen LogP contribution in [0.2, 0.25) is 0 Å². The molecule has 1 N–H and O–H groups in total. The fraction of sp³-hybridized carbons (Fsp3) is 0.600. The number of fused-ring (bicyclic) bond motifs is 1. The molecule has 0 bridgehead atoms. The Balaban J connectivity index is 1.88. The summed E-state index contributed by atoms with van der Waals surface area (Å²) in [6, 6.07) is 3.07. The van der Waals surface area contributed by atoms with Crippen LogP contribution in [-0.4, -0.2) is 30.7 Å². The molecule has 3 rings (SSSR count). The fourth-order valence-corrected chi connectivity index (χ4v) is 3.42. The first-order chi connectivity index (χ1) is 10.9. The normalized spacial score (nSPS) is 19.5. The lowest BCUT2D eigenvalue weighted by atomic mass is 9.93. The molecule has 1 saturated heterocycles.